The Hall–Kier alpha value is -1.45. The number of hydrogen-bond acceptors (Lipinski definition) is 2. The standard InChI is InChI=1S/C14H17F2NO/c1-9-4-3-5-17(10(9)2)14-12(15)6-11(8-18)7-13(14)16/h6-10H,3-5H2,1-2H3. The molecular weight excluding hydrogens is 236 g/mol. The summed E-state index contributed by atoms with van der Waals surface area (Å²) in [5, 5.41) is 0. The molecule has 1 aromatic carbocycles. The van der Waals surface area contributed by atoms with Crippen molar-refractivity contribution in [3.63, 3.8) is 0 Å². The molecule has 1 fully saturated rings. The van der Waals surface area contributed by atoms with Crippen molar-refractivity contribution in [2.45, 2.75) is 32.7 Å². The van der Waals surface area contributed by atoms with Crippen LogP contribution in [0.3, 0.4) is 0 Å². The van der Waals surface area contributed by atoms with Gasteiger partial charge in [0.05, 0.1) is 0 Å². The number of anilines is 1. The van der Waals surface area contributed by atoms with Gasteiger partial charge in [0.1, 0.15) is 23.6 Å². The molecule has 1 saturated heterocycles. The smallest absolute Gasteiger partial charge is 0.150 e. The van der Waals surface area contributed by atoms with Crippen LogP contribution in [-0.2, 0) is 0 Å². The van der Waals surface area contributed by atoms with Crippen molar-refractivity contribution in [3.8, 4) is 0 Å². The third-order valence-electron chi connectivity index (χ3n) is 3.84. The maximum absolute atomic E-state index is 13.9. The van der Waals surface area contributed by atoms with Crippen LogP contribution in [-0.4, -0.2) is 18.9 Å². The zero-order chi connectivity index (χ0) is 13.3. The highest BCUT2D eigenvalue weighted by molar-refractivity contribution is 5.76. The number of carbonyl (C=O) groups is 1. The second-order valence-electron chi connectivity index (χ2n) is 5.00. The Morgan fingerprint density at radius 2 is 1.89 bits per heavy atom. The Labute approximate surface area is 106 Å². The van der Waals surface area contributed by atoms with E-state index in [0.717, 1.165) is 25.0 Å². The van der Waals surface area contributed by atoms with Crippen LogP contribution in [0.15, 0.2) is 12.1 Å². The second kappa shape index (κ2) is 5.04. The highest BCUT2D eigenvalue weighted by Gasteiger charge is 2.28. The highest BCUT2D eigenvalue weighted by Crippen LogP contribution is 2.32. The lowest BCUT2D eigenvalue weighted by Gasteiger charge is -2.39. The molecule has 0 amide bonds. The first-order valence-electron chi connectivity index (χ1n) is 6.25. The fourth-order valence-corrected chi connectivity index (χ4v) is 2.58. The topological polar surface area (TPSA) is 20.3 Å². The van der Waals surface area contributed by atoms with Crippen LogP contribution in [0.2, 0.25) is 0 Å². The first kappa shape index (κ1) is 13.0. The Morgan fingerprint density at radius 1 is 1.28 bits per heavy atom. The minimum absolute atomic E-state index is 0.000324. The predicted molar refractivity (Wildman–Crippen MR) is 67.0 cm³/mol. The number of benzene rings is 1. The Morgan fingerprint density at radius 3 is 2.44 bits per heavy atom. The van der Waals surface area contributed by atoms with Crippen LogP contribution < -0.4 is 4.90 Å². The second-order valence-corrected chi connectivity index (χ2v) is 5.00. The van der Waals surface area contributed by atoms with Gasteiger partial charge in [-0.3, -0.25) is 4.79 Å². The molecule has 1 aliphatic heterocycles. The van der Waals surface area contributed by atoms with Crippen molar-refractivity contribution < 1.29 is 13.6 Å². The molecule has 1 aliphatic rings. The van der Waals surface area contributed by atoms with E-state index in [-0.39, 0.29) is 17.3 Å². The summed E-state index contributed by atoms with van der Waals surface area (Å²) >= 11 is 0. The van der Waals surface area contributed by atoms with Crippen LogP contribution >= 0.6 is 0 Å². The summed E-state index contributed by atoms with van der Waals surface area (Å²) in [7, 11) is 0. The average molecular weight is 253 g/mol. The maximum Gasteiger partial charge on any atom is 0.150 e. The molecule has 18 heavy (non-hydrogen) atoms. The maximum atomic E-state index is 13.9. The molecule has 1 aromatic rings. The molecule has 0 radical (unpaired) electrons. The summed E-state index contributed by atoms with van der Waals surface area (Å²) in [6.07, 6.45) is 2.46. The average Bonchev–Trinajstić information content (AvgIpc) is 2.33. The van der Waals surface area contributed by atoms with E-state index in [1.807, 2.05) is 6.92 Å². The van der Waals surface area contributed by atoms with Crippen molar-refractivity contribution in [1.82, 2.24) is 0 Å². The Balaban J connectivity index is 2.41. The lowest BCUT2D eigenvalue weighted by molar-refractivity contribution is 0.112. The van der Waals surface area contributed by atoms with E-state index in [9.17, 15) is 13.6 Å². The minimum Gasteiger partial charge on any atom is -0.364 e. The summed E-state index contributed by atoms with van der Waals surface area (Å²) in [5.74, 6) is -0.903. The van der Waals surface area contributed by atoms with E-state index in [1.54, 1.807) is 4.90 Å². The molecule has 0 N–H and O–H groups in total. The summed E-state index contributed by atoms with van der Waals surface area (Å²) in [6.45, 7) is 4.72. The number of rotatable bonds is 2. The van der Waals surface area contributed by atoms with Crippen molar-refractivity contribution in [1.29, 1.82) is 0 Å². The first-order valence-corrected chi connectivity index (χ1v) is 6.25. The molecular formula is C14H17F2NO. The molecule has 1 heterocycles. The molecule has 0 aliphatic carbocycles. The van der Waals surface area contributed by atoms with Crippen LogP contribution in [0, 0.1) is 17.6 Å². The van der Waals surface area contributed by atoms with Gasteiger partial charge in [0.2, 0.25) is 0 Å². The molecule has 98 valence electrons. The van der Waals surface area contributed by atoms with Crippen molar-refractivity contribution in [2.75, 3.05) is 11.4 Å². The van der Waals surface area contributed by atoms with Gasteiger partial charge in [-0.1, -0.05) is 6.92 Å². The van der Waals surface area contributed by atoms with Gasteiger partial charge in [-0.25, -0.2) is 8.78 Å². The third kappa shape index (κ3) is 2.24. The number of hydrogen-bond donors (Lipinski definition) is 0. The zero-order valence-electron chi connectivity index (χ0n) is 10.6. The number of piperidine rings is 1. The molecule has 2 unspecified atom stereocenters. The Kier molecular flexibility index (Phi) is 3.64. The number of nitrogens with zero attached hydrogens (tertiary/aromatic N) is 1. The molecule has 2 nitrogen and oxygen atoms in total. The molecule has 4 heteroatoms. The van der Waals surface area contributed by atoms with Gasteiger partial charge in [0.25, 0.3) is 0 Å². The summed E-state index contributed by atoms with van der Waals surface area (Å²) in [4.78, 5) is 12.3. The number of aldehydes is 1. The van der Waals surface area contributed by atoms with Gasteiger partial charge in [-0.15, -0.1) is 0 Å². The first-order chi connectivity index (χ1) is 8.54. The number of carbonyl (C=O) groups excluding carboxylic acids is 1. The molecule has 0 spiro atoms. The van der Waals surface area contributed by atoms with Gasteiger partial charge in [-0.05, 0) is 37.8 Å². The summed E-state index contributed by atoms with van der Waals surface area (Å²) in [6, 6.07) is 2.29. The summed E-state index contributed by atoms with van der Waals surface area (Å²) < 4.78 is 27.9. The molecule has 2 rings (SSSR count). The van der Waals surface area contributed by atoms with Crippen LogP contribution in [0.4, 0.5) is 14.5 Å². The van der Waals surface area contributed by atoms with Gasteiger partial charge in [0, 0.05) is 18.2 Å². The molecule has 0 aromatic heterocycles. The van der Waals surface area contributed by atoms with Crippen LogP contribution in [0.1, 0.15) is 37.0 Å². The van der Waals surface area contributed by atoms with E-state index in [2.05, 4.69) is 6.92 Å². The quantitative estimate of drug-likeness (QED) is 0.753. The third-order valence-corrected chi connectivity index (χ3v) is 3.84. The van der Waals surface area contributed by atoms with E-state index < -0.39 is 11.6 Å². The van der Waals surface area contributed by atoms with Crippen molar-refractivity contribution in [3.05, 3.63) is 29.3 Å². The van der Waals surface area contributed by atoms with E-state index in [4.69, 9.17) is 0 Å². The molecule has 0 saturated carbocycles. The number of halogens is 2. The SMILES string of the molecule is CC1CCCN(c2c(F)cc(C=O)cc2F)C1C. The fraction of sp³-hybridized carbons (Fsp3) is 0.500. The predicted octanol–water partition coefficient (Wildman–Crippen LogP) is 3.40. The van der Waals surface area contributed by atoms with Gasteiger partial charge in [0.15, 0.2) is 0 Å². The monoisotopic (exact) mass is 253 g/mol. The Bertz CT molecular complexity index is 438. The van der Waals surface area contributed by atoms with Gasteiger partial charge >= 0.3 is 0 Å². The lowest BCUT2D eigenvalue weighted by Crippen LogP contribution is -2.43. The van der Waals surface area contributed by atoms with E-state index in [1.165, 1.54) is 0 Å². The van der Waals surface area contributed by atoms with Gasteiger partial charge < -0.3 is 4.90 Å². The normalized spacial score (nSPS) is 24.1. The molecule has 0 bridgehead atoms. The van der Waals surface area contributed by atoms with Crippen LogP contribution in [0.25, 0.3) is 0 Å². The van der Waals surface area contributed by atoms with E-state index in [0.29, 0.717) is 18.7 Å². The fourth-order valence-electron chi connectivity index (χ4n) is 2.58. The van der Waals surface area contributed by atoms with E-state index >= 15 is 0 Å². The summed E-state index contributed by atoms with van der Waals surface area (Å²) in [5.41, 5.74) is 0.0334. The highest BCUT2D eigenvalue weighted by atomic mass is 19.1. The van der Waals surface area contributed by atoms with Crippen molar-refractivity contribution >= 4 is 12.0 Å². The zero-order valence-corrected chi connectivity index (χ0v) is 10.6. The lowest BCUT2D eigenvalue weighted by atomic mass is 9.91. The minimum atomic E-state index is -0.655. The largest absolute Gasteiger partial charge is 0.364 e. The molecule has 2 atom stereocenters. The van der Waals surface area contributed by atoms with Crippen molar-refractivity contribution in [2.24, 2.45) is 5.92 Å². The van der Waals surface area contributed by atoms with Gasteiger partial charge in [-0.2, -0.15) is 0 Å². The van der Waals surface area contributed by atoms with Crippen LogP contribution in [0.5, 0.6) is 0 Å².